The molecule has 0 unspecified atom stereocenters. The van der Waals surface area contributed by atoms with Crippen LogP contribution in [-0.2, 0) is 27.4 Å². The normalized spacial score (nSPS) is 23.6. The first kappa shape index (κ1) is 25.9. The fraction of sp³-hybridized carbons (Fsp3) is 0.571. The van der Waals surface area contributed by atoms with E-state index < -0.39 is 6.10 Å². The number of hydrogen-bond donors (Lipinski definition) is 1. The molecule has 5 nitrogen and oxygen atoms in total. The Morgan fingerprint density at radius 1 is 0.818 bits per heavy atom. The summed E-state index contributed by atoms with van der Waals surface area (Å²) in [5.74, 6) is 0. The van der Waals surface area contributed by atoms with Gasteiger partial charge in [0.15, 0.2) is 0 Å². The topological polar surface area (TPSA) is 51.2 Å². The second-order valence-electron chi connectivity index (χ2n) is 8.93. The molecule has 1 heterocycles. The Kier molecular flexibility index (Phi) is 11.4. The fourth-order valence-electron chi connectivity index (χ4n) is 4.36. The molecule has 0 amide bonds. The van der Waals surface area contributed by atoms with Gasteiger partial charge in [-0.1, -0.05) is 87.4 Å². The third-order valence-corrected chi connectivity index (χ3v) is 6.27. The van der Waals surface area contributed by atoms with Crippen LogP contribution < -0.4 is 0 Å². The summed E-state index contributed by atoms with van der Waals surface area (Å²) in [7, 11) is 0. The van der Waals surface area contributed by atoms with Crippen LogP contribution in [0.5, 0.6) is 0 Å². The van der Waals surface area contributed by atoms with Crippen LogP contribution in [0.4, 0.5) is 0 Å². The zero-order chi connectivity index (χ0) is 23.3. The Hall–Kier alpha value is -1.76. The molecule has 0 bridgehead atoms. The van der Waals surface area contributed by atoms with Crippen molar-refractivity contribution in [2.45, 2.75) is 77.1 Å². The number of aliphatic hydroxyl groups is 1. The van der Waals surface area contributed by atoms with Gasteiger partial charge in [0.2, 0.25) is 0 Å². The highest BCUT2D eigenvalue weighted by Gasteiger charge is 2.44. The fourth-order valence-corrected chi connectivity index (χ4v) is 4.36. The van der Waals surface area contributed by atoms with Crippen LogP contribution in [0.3, 0.4) is 0 Å². The summed E-state index contributed by atoms with van der Waals surface area (Å²) in [4.78, 5) is 2.35. The average molecular weight is 456 g/mol. The molecule has 182 valence electrons. The van der Waals surface area contributed by atoms with Gasteiger partial charge in [0, 0.05) is 13.2 Å². The minimum absolute atomic E-state index is 0.0429. The lowest BCUT2D eigenvalue weighted by atomic mass is 9.93. The lowest BCUT2D eigenvalue weighted by Crippen LogP contribution is -2.64. The number of rotatable bonds is 14. The smallest absolute Gasteiger partial charge is 0.113 e. The molecule has 0 radical (unpaired) electrons. The number of hydrogen-bond acceptors (Lipinski definition) is 5. The Morgan fingerprint density at radius 2 is 1.45 bits per heavy atom. The Balaban J connectivity index is 1.72. The standard InChI is InChI=1S/C28H41NO4/c1-3-5-17-29-19-26(30)28(33-21-24-15-11-8-12-16-24)27(32-18-6-4-2)25(29)22-31-20-23-13-9-7-10-14-23/h7-16,25-28,30H,3-6,17-22H2,1-2H3/t25-,26+,27-,28-/m1/s1. The number of ether oxygens (including phenoxy) is 3. The van der Waals surface area contributed by atoms with Gasteiger partial charge in [-0.25, -0.2) is 0 Å². The number of nitrogens with zero attached hydrogens (tertiary/aromatic N) is 1. The van der Waals surface area contributed by atoms with Gasteiger partial charge >= 0.3 is 0 Å². The quantitative estimate of drug-likeness (QED) is 0.414. The minimum Gasteiger partial charge on any atom is -0.389 e. The molecule has 3 rings (SSSR count). The Labute approximate surface area is 199 Å². The minimum atomic E-state index is -0.595. The number of unbranched alkanes of at least 4 members (excludes halogenated alkanes) is 2. The summed E-state index contributed by atoms with van der Waals surface area (Å²) in [6, 6.07) is 20.4. The number of benzene rings is 2. The van der Waals surface area contributed by atoms with Gasteiger partial charge < -0.3 is 19.3 Å². The lowest BCUT2D eigenvalue weighted by molar-refractivity contribution is -0.193. The van der Waals surface area contributed by atoms with Crippen molar-refractivity contribution in [1.82, 2.24) is 4.90 Å². The molecule has 4 atom stereocenters. The summed E-state index contributed by atoms with van der Waals surface area (Å²) in [5.41, 5.74) is 2.26. The number of piperidine rings is 1. The highest BCUT2D eigenvalue weighted by Crippen LogP contribution is 2.26. The van der Waals surface area contributed by atoms with Crippen LogP contribution in [0, 0.1) is 0 Å². The maximum Gasteiger partial charge on any atom is 0.113 e. The van der Waals surface area contributed by atoms with Gasteiger partial charge in [-0.2, -0.15) is 0 Å². The molecule has 0 spiro atoms. The molecule has 1 aliphatic rings. The van der Waals surface area contributed by atoms with E-state index in [0.717, 1.165) is 43.4 Å². The maximum atomic E-state index is 11.1. The second-order valence-corrected chi connectivity index (χ2v) is 8.93. The summed E-state index contributed by atoms with van der Waals surface area (Å²) < 4.78 is 18.9. The molecular weight excluding hydrogens is 414 g/mol. The molecule has 1 N–H and O–H groups in total. The van der Waals surface area contributed by atoms with E-state index in [0.29, 0.717) is 33.0 Å². The summed E-state index contributed by atoms with van der Waals surface area (Å²) >= 11 is 0. The molecular formula is C28H41NO4. The number of aliphatic hydroxyl groups excluding tert-OH is 1. The monoisotopic (exact) mass is 455 g/mol. The van der Waals surface area contributed by atoms with Gasteiger partial charge in [0.1, 0.15) is 12.2 Å². The van der Waals surface area contributed by atoms with E-state index in [1.807, 2.05) is 36.4 Å². The van der Waals surface area contributed by atoms with E-state index in [-0.39, 0.29) is 18.2 Å². The third kappa shape index (κ3) is 8.20. The number of likely N-dealkylation sites (tertiary alicyclic amines) is 1. The van der Waals surface area contributed by atoms with E-state index >= 15 is 0 Å². The molecule has 33 heavy (non-hydrogen) atoms. The van der Waals surface area contributed by atoms with Crippen molar-refractivity contribution >= 4 is 0 Å². The van der Waals surface area contributed by atoms with Crippen LogP contribution in [0.2, 0.25) is 0 Å². The predicted octanol–water partition coefficient (Wildman–Crippen LogP) is 4.82. The zero-order valence-corrected chi connectivity index (χ0v) is 20.3. The molecule has 0 aromatic heterocycles. The van der Waals surface area contributed by atoms with Crippen molar-refractivity contribution in [1.29, 1.82) is 0 Å². The van der Waals surface area contributed by atoms with Crippen LogP contribution in [0.15, 0.2) is 60.7 Å². The Morgan fingerprint density at radius 3 is 2.09 bits per heavy atom. The van der Waals surface area contributed by atoms with Crippen molar-refractivity contribution in [3.05, 3.63) is 71.8 Å². The van der Waals surface area contributed by atoms with Crippen molar-refractivity contribution in [3.8, 4) is 0 Å². The third-order valence-electron chi connectivity index (χ3n) is 6.27. The first-order valence-electron chi connectivity index (χ1n) is 12.5. The van der Waals surface area contributed by atoms with E-state index in [1.165, 1.54) is 0 Å². The van der Waals surface area contributed by atoms with Gasteiger partial charge in [-0.05, 0) is 30.5 Å². The molecule has 1 aliphatic heterocycles. The molecule has 2 aromatic rings. The van der Waals surface area contributed by atoms with Crippen molar-refractivity contribution < 1.29 is 19.3 Å². The largest absolute Gasteiger partial charge is 0.389 e. The molecule has 1 saturated heterocycles. The van der Waals surface area contributed by atoms with Gasteiger partial charge in [0.05, 0.1) is 32.0 Å². The average Bonchev–Trinajstić information content (AvgIpc) is 2.85. The van der Waals surface area contributed by atoms with E-state index in [4.69, 9.17) is 14.2 Å². The number of β-amino-alcohol motifs (C(OH)–C–C–N with tert-alkyl or cyclic N) is 1. The summed E-state index contributed by atoms with van der Waals surface area (Å²) in [6.45, 7) is 8.10. The lowest BCUT2D eigenvalue weighted by Gasteiger charge is -2.47. The highest BCUT2D eigenvalue weighted by atomic mass is 16.6. The van der Waals surface area contributed by atoms with E-state index in [9.17, 15) is 5.11 Å². The zero-order valence-electron chi connectivity index (χ0n) is 20.3. The molecule has 1 fully saturated rings. The second kappa shape index (κ2) is 14.5. The Bertz CT molecular complexity index is 757. The van der Waals surface area contributed by atoms with Crippen molar-refractivity contribution in [2.75, 3.05) is 26.3 Å². The van der Waals surface area contributed by atoms with Crippen LogP contribution in [0.1, 0.15) is 50.7 Å². The predicted molar refractivity (Wildman–Crippen MR) is 132 cm³/mol. The molecule has 0 saturated carbocycles. The SMILES string of the molecule is CCCCO[C@H]1[C@H](OCc2ccccc2)[C@@H](O)CN(CCCC)[C@@H]1COCc1ccccc1. The van der Waals surface area contributed by atoms with Crippen molar-refractivity contribution in [2.24, 2.45) is 0 Å². The van der Waals surface area contributed by atoms with Gasteiger partial charge in [0.25, 0.3) is 0 Å². The molecule has 0 aliphatic carbocycles. The summed E-state index contributed by atoms with van der Waals surface area (Å²) in [5, 5.41) is 11.1. The van der Waals surface area contributed by atoms with Crippen LogP contribution in [0.25, 0.3) is 0 Å². The van der Waals surface area contributed by atoms with Crippen LogP contribution in [-0.4, -0.2) is 60.7 Å². The molecule has 5 heteroatoms. The first-order chi connectivity index (χ1) is 16.2. The van der Waals surface area contributed by atoms with Crippen LogP contribution >= 0.6 is 0 Å². The van der Waals surface area contributed by atoms with Crippen molar-refractivity contribution in [3.63, 3.8) is 0 Å². The summed E-state index contributed by atoms with van der Waals surface area (Å²) in [6.07, 6.45) is 3.03. The van der Waals surface area contributed by atoms with E-state index in [2.05, 4.69) is 43.0 Å². The van der Waals surface area contributed by atoms with E-state index in [1.54, 1.807) is 0 Å². The maximum absolute atomic E-state index is 11.1. The van der Waals surface area contributed by atoms with Gasteiger partial charge in [-0.15, -0.1) is 0 Å². The van der Waals surface area contributed by atoms with Gasteiger partial charge in [-0.3, -0.25) is 4.90 Å². The molecule has 2 aromatic carbocycles. The highest BCUT2D eigenvalue weighted by molar-refractivity contribution is 5.14. The first-order valence-corrected chi connectivity index (χ1v) is 12.5.